The van der Waals surface area contributed by atoms with Gasteiger partial charge in [-0.2, -0.15) is 0 Å². The molecular weight excluding hydrogens is 164 g/mol. The first kappa shape index (κ1) is 12.2. The van der Waals surface area contributed by atoms with E-state index in [9.17, 15) is 4.79 Å². The maximum absolute atomic E-state index is 11.1. The first-order valence-electron chi connectivity index (χ1n) is 4.83. The standard InChI is InChI=1S/C11H20O2/c1-6-9(4)7-10(5)13-11(12)8(2)3/h9-10H,2,6-7H2,1,3-5H3. The lowest BCUT2D eigenvalue weighted by Crippen LogP contribution is -2.17. The third kappa shape index (κ3) is 5.45. The van der Waals surface area contributed by atoms with Crippen LogP contribution in [0.3, 0.4) is 0 Å². The predicted octanol–water partition coefficient (Wildman–Crippen LogP) is 2.93. The molecule has 0 fully saturated rings. The van der Waals surface area contributed by atoms with Crippen LogP contribution in [0.15, 0.2) is 12.2 Å². The normalized spacial score (nSPS) is 14.8. The second-order valence-electron chi connectivity index (χ2n) is 3.75. The van der Waals surface area contributed by atoms with Crippen molar-refractivity contribution in [2.75, 3.05) is 0 Å². The summed E-state index contributed by atoms with van der Waals surface area (Å²) in [6.45, 7) is 11.4. The Balaban J connectivity index is 3.80. The third-order valence-electron chi connectivity index (χ3n) is 2.09. The molecule has 2 unspecified atom stereocenters. The Morgan fingerprint density at radius 2 is 2.00 bits per heavy atom. The summed E-state index contributed by atoms with van der Waals surface area (Å²) in [4.78, 5) is 11.1. The molecule has 76 valence electrons. The number of rotatable bonds is 5. The van der Waals surface area contributed by atoms with E-state index in [0.29, 0.717) is 11.5 Å². The molecule has 0 aromatic rings. The Morgan fingerprint density at radius 1 is 1.46 bits per heavy atom. The number of ether oxygens (including phenoxy) is 1. The molecule has 13 heavy (non-hydrogen) atoms. The molecule has 0 spiro atoms. The average Bonchev–Trinajstić information content (AvgIpc) is 2.03. The van der Waals surface area contributed by atoms with Gasteiger partial charge in [-0.25, -0.2) is 4.79 Å². The summed E-state index contributed by atoms with van der Waals surface area (Å²) in [6.07, 6.45) is 2.05. The van der Waals surface area contributed by atoms with Gasteiger partial charge >= 0.3 is 5.97 Å². The van der Waals surface area contributed by atoms with Gasteiger partial charge in [0, 0.05) is 5.57 Å². The van der Waals surface area contributed by atoms with E-state index in [1.807, 2.05) is 6.92 Å². The summed E-state index contributed by atoms with van der Waals surface area (Å²) in [5.74, 6) is 0.323. The molecule has 0 aliphatic carbocycles. The van der Waals surface area contributed by atoms with Gasteiger partial charge in [-0.05, 0) is 26.2 Å². The molecule has 0 aliphatic rings. The van der Waals surface area contributed by atoms with Gasteiger partial charge in [0.15, 0.2) is 0 Å². The van der Waals surface area contributed by atoms with Crippen LogP contribution < -0.4 is 0 Å². The zero-order chi connectivity index (χ0) is 10.4. The maximum atomic E-state index is 11.1. The van der Waals surface area contributed by atoms with E-state index in [1.165, 1.54) is 0 Å². The van der Waals surface area contributed by atoms with Crippen LogP contribution in [0.25, 0.3) is 0 Å². The first-order chi connectivity index (χ1) is 5.97. The Morgan fingerprint density at radius 3 is 2.38 bits per heavy atom. The van der Waals surface area contributed by atoms with Crippen molar-refractivity contribution in [1.29, 1.82) is 0 Å². The lowest BCUT2D eigenvalue weighted by Gasteiger charge is -2.16. The van der Waals surface area contributed by atoms with E-state index < -0.39 is 0 Å². The van der Waals surface area contributed by atoms with Crippen LogP contribution in [0.1, 0.15) is 40.5 Å². The molecule has 0 radical (unpaired) electrons. The van der Waals surface area contributed by atoms with Crippen molar-refractivity contribution >= 4 is 5.97 Å². The SMILES string of the molecule is C=C(C)C(=O)OC(C)CC(C)CC. The maximum Gasteiger partial charge on any atom is 0.333 e. The van der Waals surface area contributed by atoms with Crippen molar-refractivity contribution in [3.63, 3.8) is 0 Å². The first-order valence-corrected chi connectivity index (χ1v) is 4.83. The summed E-state index contributed by atoms with van der Waals surface area (Å²) in [5.41, 5.74) is 0.469. The molecule has 2 atom stereocenters. The summed E-state index contributed by atoms with van der Waals surface area (Å²) >= 11 is 0. The highest BCUT2D eigenvalue weighted by Gasteiger charge is 2.12. The number of hydrogen-bond donors (Lipinski definition) is 0. The molecule has 0 aliphatic heterocycles. The number of esters is 1. The average molecular weight is 184 g/mol. The van der Waals surface area contributed by atoms with Crippen LogP contribution in [0, 0.1) is 5.92 Å². The fraction of sp³-hybridized carbons (Fsp3) is 0.727. The minimum absolute atomic E-state index is 0.000787. The van der Waals surface area contributed by atoms with Gasteiger partial charge in [0.2, 0.25) is 0 Å². The fourth-order valence-electron chi connectivity index (χ4n) is 1.06. The molecule has 0 N–H and O–H groups in total. The molecule has 0 bridgehead atoms. The van der Waals surface area contributed by atoms with Gasteiger partial charge in [0.1, 0.15) is 0 Å². The second kappa shape index (κ2) is 5.79. The highest BCUT2D eigenvalue weighted by molar-refractivity contribution is 5.87. The van der Waals surface area contributed by atoms with E-state index in [1.54, 1.807) is 6.92 Å². The molecule has 0 saturated heterocycles. The lowest BCUT2D eigenvalue weighted by molar-refractivity contribution is -0.144. The quantitative estimate of drug-likeness (QED) is 0.485. The van der Waals surface area contributed by atoms with Crippen molar-refractivity contribution in [3.8, 4) is 0 Å². The van der Waals surface area contributed by atoms with Gasteiger partial charge in [0.25, 0.3) is 0 Å². The summed E-state index contributed by atoms with van der Waals surface area (Å²) in [5, 5.41) is 0. The molecule has 0 aromatic carbocycles. The molecule has 0 saturated carbocycles. The van der Waals surface area contributed by atoms with Crippen molar-refractivity contribution < 1.29 is 9.53 Å². The predicted molar refractivity (Wildman–Crippen MR) is 54.4 cm³/mol. The van der Waals surface area contributed by atoms with Crippen LogP contribution in [-0.2, 0) is 9.53 Å². The molecule has 0 heterocycles. The Kier molecular flexibility index (Phi) is 5.44. The molecular formula is C11H20O2. The van der Waals surface area contributed by atoms with E-state index in [4.69, 9.17) is 4.74 Å². The second-order valence-corrected chi connectivity index (χ2v) is 3.75. The van der Waals surface area contributed by atoms with Gasteiger partial charge < -0.3 is 4.74 Å². The minimum atomic E-state index is -0.282. The monoisotopic (exact) mass is 184 g/mol. The summed E-state index contributed by atoms with van der Waals surface area (Å²) in [6, 6.07) is 0. The minimum Gasteiger partial charge on any atom is -0.459 e. The van der Waals surface area contributed by atoms with Crippen LogP contribution in [0.5, 0.6) is 0 Å². The topological polar surface area (TPSA) is 26.3 Å². The van der Waals surface area contributed by atoms with Crippen molar-refractivity contribution in [3.05, 3.63) is 12.2 Å². The van der Waals surface area contributed by atoms with Crippen LogP contribution >= 0.6 is 0 Å². The summed E-state index contributed by atoms with van der Waals surface area (Å²) < 4.78 is 5.15. The Bertz CT molecular complexity index is 185. The van der Waals surface area contributed by atoms with Crippen LogP contribution in [0.4, 0.5) is 0 Å². The largest absolute Gasteiger partial charge is 0.459 e. The van der Waals surface area contributed by atoms with Crippen LogP contribution in [-0.4, -0.2) is 12.1 Å². The van der Waals surface area contributed by atoms with E-state index in [-0.39, 0.29) is 12.1 Å². The van der Waals surface area contributed by atoms with Crippen molar-refractivity contribution in [2.45, 2.75) is 46.6 Å². The van der Waals surface area contributed by atoms with Crippen LogP contribution in [0.2, 0.25) is 0 Å². The third-order valence-corrected chi connectivity index (χ3v) is 2.09. The zero-order valence-electron chi connectivity index (χ0n) is 9.09. The van der Waals surface area contributed by atoms with Crippen molar-refractivity contribution in [1.82, 2.24) is 0 Å². The van der Waals surface area contributed by atoms with E-state index >= 15 is 0 Å². The number of carbonyl (C=O) groups excluding carboxylic acids is 1. The van der Waals surface area contributed by atoms with Gasteiger partial charge in [-0.15, -0.1) is 0 Å². The Hall–Kier alpha value is -0.790. The van der Waals surface area contributed by atoms with E-state index in [0.717, 1.165) is 12.8 Å². The molecule has 0 amide bonds. The lowest BCUT2D eigenvalue weighted by atomic mass is 10.0. The smallest absolute Gasteiger partial charge is 0.333 e. The molecule has 2 nitrogen and oxygen atoms in total. The molecule has 0 aromatic heterocycles. The van der Waals surface area contributed by atoms with Gasteiger partial charge in [-0.1, -0.05) is 26.8 Å². The van der Waals surface area contributed by atoms with Crippen molar-refractivity contribution in [2.24, 2.45) is 5.92 Å². The molecule has 2 heteroatoms. The zero-order valence-corrected chi connectivity index (χ0v) is 9.09. The van der Waals surface area contributed by atoms with E-state index in [2.05, 4.69) is 20.4 Å². The fourth-order valence-corrected chi connectivity index (χ4v) is 1.06. The molecule has 0 rings (SSSR count). The Labute approximate surface area is 81.0 Å². The summed E-state index contributed by atoms with van der Waals surface area (Å²) in [7, 11) is 0. The number of carbonyl (C=O) groups is 1. The van der Waals surface area contributed by atoms with Gasteiger partial charge in [0.05, 0.1) is 6.10 Å². The number of hydrogen-bond acceptors (Lipinski definition) is 2. The highest BCUT2D eigenvalue weighted by Crippen LogP contribution is 2.12. The highest BCUT2D eigenvalue weighted by atomic mass is 16.5. The van der Waals surface area contributed by atoms with Gasteiger partial charge in [-0.3, -0.25) is 0 Å².